The quantitative estimate of drug-likeness (QED) is 0.475. The van der Waals surface area contributed by atoms with Crippen molar-refractivity contribution in [2.24, 2.45) is 0 Å². The topological polar surface area (TPSA) is 153 Å². The zero-order chi connectivity index (χ0) is 20.0. The summed E-state index contributed by atoms with van der Waals surface area (Å²) in [6.45, 7) is 0.522. The van der Waals surface area contributed by atoms with Gasteiger partial charge >= 0.3 is 13.5 Å². The first-order chi connectivity index (χ1) is 12.7. The number of alkyl halides is 1. The molecule has 1 aromatic rings. The van der Waals surface area contributed by atoms with Crippen molar-refractivity contribution in [2.45, 2.75) is 38.3 Å². The first-order valence-electron chi connectivity index (χ1n) is 7.87. The molecule has 0 spiro atoms. The fourth-order valence-corrected chi connectivity index (χ4v) is 3.08. The number of aromatic nitrogens is 2. The van der Waals surface area contributed by atoms with E-state index in [9.17, 15) is 23.4 Å². The molecule has 27 heavy (non-hydrogen) atoms. The Morgan fingerprint density at radius 1 is 1.63 bits per heavy atom. The molecule has 0 saturated carbocycles. The maximum atomic E-state index is 14.2. The van der Waals surface area contributed by atoms with E-state index in [0.29, 0.717) is 0 Å². The number of nitriles is 1. The first kappa shape index (κ1) is 21.1. The monoisotopic (exact) mass is 404 g/mol. The number of hydrogen-bond acceptors (Lipinski definition) is 8. The Bertz CT molecular complexity index is 826. The fraction of sp³-hybridized carbons (Fsp3) is 0.571. The molecule has 1 aliphatic heterocycles. The van der Waals surface area contributed by atoms with Gasteiger partial charge in [-0.3, -0.25) is 18.4 Å². The van der Waals surface area contributed by atoms with E-state index < -0.39 is 44.5 Å². The lowest BCUT2D eigenvalue weighted by Crippen LogP contribution is -2.31. The van der Waals surface area contributed by atoms with E-state index in [2.05, 4.69) is 14.8 Å². The molecule has 2 rings (SSSR count). The molecule has 1 unspecified atom stereocenters. The van der Waals surface area contributed by atoms with Crippen LogP contribution in [-0.4, -0.2) is 45.8 Å². The van der Waals surface area contributed by atoms with Crippen LogP contribution >= 0.6 is 7.82 Å². The standard InChI is InChI=1S/C14H18FN4O7P/c1-9(20)17-12-3-5-19(14(21)18-12)13-11(15)7-10(26-13)8-25-27(22,23)24-6-2-4-16/h3,5,10-11,13H,2,6-8H2,1H3,(H,22,23)(H,17,18,20,21)/t10-,11+,13+/m0/s1. The van der Waals surface area contributed by atoms with Gasteiger partial charge in [0, 0.05) is 19.5 Å². The molecule has 2 heterocycles. The Morgan fingerprint density at radius 3 is 3.00 bits per heavy atom. The van der Waals surface area contributed by atoms with Crippen LogP contribution in [0.3, 0.4) is 0 Å². The van der Waals surface area contributed by atoms with E-state index in [-0.39, 0.29) is 25.3 Å². The van der Waals surface area contributed by atoms with Crippen LogP contribution in [0.15, 0.2) is 17.1 Å². The Morgan fingerprint density at radius 2 is 2.37 bits per heavy atom. The lowest BCUT2D eigenvalue weighted by molar-refractivity contribution is -0.114. The number of phosphoric acid groups is 1. The fourth-order valence-electron chi connectivity index (χ4n) is 2.33. The smallest absolute Gasteiger partial charge is 0.349 e. The summed E-state index contributed by atoms with van der Waals surface area (Å²) >= 11 is 0. The Balaban J connectivity index is 1.96. The lowest BCUT2D eigenvalue weighted by Gasteiger charge is -2.17. The van der Waals surface area contributed by atoms with Crippen LogP contribution in [0.4, 0.5) is 10.2 Å². The number of nitrogens with one attached hydrogen (secondary N) is 1. The maximum absolute atomic E-state index is 14.2. The Hall–Kier alpha value is -2.16. The molecule has 1 saturated heterocycles. The Labute approximate surface area is 153 Å². The number of anilines is 1. The van der Waals surface area contributed by atoms with Crippen molar-refractivity contribution in [3.8, 4) is 6.07 Å². The second-order valence-electron chi connectivity index (χ2n) is 5.59. The normalized spacial score (nSPS) is 24.1. The molecular formula is C14H18FN4O7P. The van der Waals surface area contributed by atoms with E-state index in [1.165, 1.54) is 19.2 Å². The van der Waals surface area contributed by atoms with E-state index >= 15 is 0 Å². The minimum Gasteiger partial charge on any atom is -0.349 e. The summed E-state index contributed by atoms with van der Waals surface area (Å²) in [6.07, 6.45) is -2.81. The summed E-state index contributed by atoms with van der Waals surface area (Å²) < 4.78 is 41.4. The van der Waals surface area contributed by atoms with Crippen LogP contribution in [0.5, 0.6) is 0 Å². The zero-order valence-corrected chi connectivity index (χ0v) is 15.2. The Kier molecular flexibility index (Phi) is 7.18. The van der Waals surface area contributed by atoms with Gasteiger partial charge in [0.15, 0.2) is 6.23 Å². The first-order valence-corrected chi connectivity index (χ1v) is 9.36. The highest BCUT2D eigenvalue weighted by Gasteiger charge is 2.38. The number of ether oxygens (including phenoxy) is 1. The lowest BCUT2D eigenvalue weighted by atomic mass is 10.2. The minimum atomic E-state index is -4.39. The van der Waals surface area contributed by atoms with Gasteiger partial charge in [-0.15, -0.1) is 0 Å². The molecule has 0 radical (unpaired) electrons. The van der Waals surface area contributed by atoms with E-state index in [1.807, 2.05) is 0 Å². The van der Waals surface area contributed by atoms with Crippen molar-refractivity contribution in [1.82, 2.24) is 9.55 Å². The number of nitrogens with zero attached hydrogens (tertiary/aromatic N) is 3. The van der Waals surface area contributed by atoms with Crippen LogP contribution in [-0.2, 0) is 23.1 Å². The van der Waals surface area contributed by atoms with Gasteiger partial charge in [0.25, 0.3) is 0 Å². The number of phosphoric ester groups is 1. The third-order valence-electron chi connectivity index (χ3n) is 3.43. The van der Waals surface area contributed by atoms with Crippen molar-refractivity contribution in [2.75, 3.05) is 18.5 Å². The van der Waals surface area contributed by atoms with Crippen LogP contribution in [0.25, 0.3) is 0 Å². The van der Waals surface area contributed by atoms with Crippen LogP contribution in [0, 0.1) is 11.3 Å². The average Bonchev–Trinajstić information content (AvgIpc) is 2.94. The summed E-state index contributed by atoms with van der Waals surface area (Å²) in [5, 5.41) is 10.7. The predicted octanol–water partition coefficient (Wildman–Crippen LogP) is 0.875. The molecule has 0 aromatic carbocycles. The van der Waals surface area contributed by atoms with Crippen molar-refractivity contribution in [3.05, 3.63) is 22.7 Å². The predicted molar refractivity (Wildman–Crippen MR) is 88.2 cm³/mol. The van der Waals surface area contributed by atoms with Crippen molar-refractivity contribution < 1.29 is 32.4 Å². The van der Waals surface area contributed by atoms with Gasteiger partial charge in [-0.05, 0) is 6.07 Å². The van der Waals surface area contributed by atoms with Crippen LogP contribution in [0.1, 0.15) is 26.0 Å². The third-order valence-corrected chi connectivity index (χ3v) is 4.41. The molecule has 148 valence electrons. The van der Waals surface area contributed by atoms with Gasteiger partial charge in [0.2, 0.25) is 5.91 Å². The summed E-state index contributed by atoms with van der Waals surface area (Å²) in [5.74, 6) is -0.393. The number of carbonyl (C=O) groups is 1. The second kappa shape index (κ2) is 9.16. The van der Waals surface area contributed by atoms with Crippen molar-refractivity contribution in [1.29, 1.82) is 5.26 Å². The maximum Gasteiger partial charge on any atom is 0.472 e. The van der Waals surface area contributed by atoms with E-state index in [0.717, 1.165) is 4.57 Å². The third kappa shape index (κ3) is 6.20. The largest absolute Gasteiger partial charge is 0.472 e. The van der Waals surface area contributed by atoms with Crippen LogP contribution < -0.4 is 11.0 Å². The highest BCUT2D eigenvalue weighted by molar-refractivity contribution is 7.47. The zero-order valence-electron chi connectivity index (χ0n) is 14.3. The molecule has 13 heteroatoms. The number of hydrogen-bond donors (Lipinski definition) is 2. The molecule has 4 atom stereocenters. The number of rotatable bonds is 8. The number of amides is 1. The van der Waals surface area contributed by atoms with Gasteiger partial charge in [0.05, 0.1) is 31.8 Å². The minimum absolute atomic E-state index is 0.0211. The van der Waals surface area contributed by atoms with Gasteiger partial charge in [-0.2, -0.15) is 10.2 Å². The molecule has 1 fully saturated rings. The number of halogens is 1. The van der Waals surface area contributed by atoms with Gasteiger partial charge in [-0.1, -0.05) is 0 Å². The highest BCUT2D eigenvalue weighted by atomic mass is 31.2. The summed E-state index contributed by atoms with van der Waals surface area (Å²) in [5.41, 5.74) is -0.830. The average molecular weight is 404 g/mol. The van der Waals surface area contributed by atoms with Gasteiger partial charge in [0.1, 0.15) is 12.0 Å². The van der Waals surface area contributed by atoms with Gasteiger partial charge in [-0.25, -0.2) is 13.8 Å². The SMILES string of the molecule is CC(=O)Nc1ccn([C@@H]2O[C@H](COP(=O)(O)OCCC#N)C[C@H]2F)c(=O)n1. The molecule has 2 N–H and O–H groups in total. The molecule has 1 aliphatic rings. The van der Waals surface area contributed by atoms with E-state index in [4.69, 9.17) is 14.5 Å². The van der Waals surface area contributed by atoms with Crippen LogP contribution in [0.2, 0.25) is 0 Å². The molecule has 0 bridgehead atoms. The molecule has 0 aliphatic carbocycles. The molecular weight excluding hydrogens is 386 g/mol. The highest BCUT2D eigenvalue weighted by Crippen LogP contribution is 2.44. The number of carbonyl (C=O) groups excluding carboxylic acids is 1. The second-order valence-corrected chi connectivity index (χ2v) is 7.04. The van der Waals surface area contributed by atoms with Crippen molar-refractivity contribution >= 4 is 19.5 Å². The summed E-state index contributed by atoms with van der Waals surface area (Å²) in [7, 11) is -4.39. The summed E-state index contributed by atoms with van der Waals surface area (Å²) in [4.78, 5) is 36.0. The molecule has 11 nitrogen and oxygen atoms in total. The molecule has 1 amide bonds. The van der Waals surface area contributed by atoms with E-state index in [1.54, 1.807) is 6.07 Å². The van der Waals surface area contributed by atoms with Crippen molar-refractivity contribution in [3.63, 3.8) is 0 Å². The van der Waals surface area contributed by atoms with Gasteiger partial charge < -0.3 is 14.9 Å². The molecule has 1 aromatic heterocycles. The summed E-state index contributed by atoms with van der Waals surface area (Å²) in [6, 6.07) is 3.05.